The first-order valence-corrected chi connectivity index (χ1v) is 32.2. The Labute approximate surface area is 468 Å². The first-order chi connectivity index (χ1) is 36.9. The van der Waals surface area contributed by atoms with Gasteiger partial charge in [-0.05, 0) is 109 Å². The van der Waals surface area contributed by atoms with Gasteiger partial charge in [0.1, 0.15) is 19.3 Å². The zero-order valence-electron chi connectivity index (χ0n) is 49.7. The fourth-order valence-electron chi connectivity index (χ4n) is 8.27. The van der Waals surface area contributed by atoms with Crippen molar-refractivity contribution in [2.24, 2.45) is 0 Å². The van der Waals surface area contributed by atoms with Crippen molar-refractivity contribution in [2.75, 3.05) is 40.9 Å². The molecule has 0 aliphatic heterocycles. The third-order valence-corrected chi connectivity index (χ3v) is 13.9. The Bertz CT molecular complexity index is 1670. The molecule has 0 aliphatic carbocycles. The number of allylic oxidation sites excluding steroid dienone is 17. The predicted molar refractivity (Wildman–Crippen MR) is 325 cm³/mol. The number of unbranched alkanes of at least 4 members (excludes halogenated alkanes) is 22. The van der Waals surface area contributed by atoms with Crippen LogP contribution in [0.3, 0.4) is 0 Å². The van der Waals surface area contributed by atoms with Crippen molar-refractivity contribution in [1.82, 2.24) is 5.32 Å². The van der Waals surface area contributed by atoms with Crippen LogP contribution in [0, 0.1) is 0 Å². The summed E-state index contributed by atoms with van der Waals surface area (Å²) >= 11 is 0. The van der Waals surface area contributed by atoms with Crippen molar-refractivity contribution in [3.8, 4) is 0 Å². The van der Waals surface area contributed by atoms with Crippen molar-refractivity contribution in [3.63, 3.8) is 0 Å². The van der Waals surface area contributed by atoms with Crippen LogP contribution in [0.1, 0.15) is 245 Å². The molecule has 10 heteroatoms. The van der Waals surface area contributed by atoms with Crippen molar-refractivity contribution >= 4 is 19.7 Å². The highest BCUT2D eigenvalue weighted by Gasteiger charge is 2.27. The molecule has 1 amide bonds. The topological polar surface area (TPSA) is 114 Å². The number of amides is 1. The number of carbonyl (C=O) groups is 2. The molecule has 0 aromatic carbocycles. The second kappa shape index (κ2) is 55.0. The zero-order valence-corrected chi connectivity index (χ0v) is 50.6. The maximum Gasteiger partial charge on any atom is 0.306 e. The number of quaternary nitrogens is 1. The Morgan fingerprint density at radius 1 is 0.474 bits per heavy atom. The number of hydrogen-bond acceptors (Lipinski definition) is 7. The Morgan fingerprint density at radius 2 is 0.842 bits per heavy atom. The average molecular weight is 1080 g/mol. The van der Waals surface area contributed by atoms with Crippen LogP contribution in [0.2, 0.25) is 0 Å². The van der Waals surface area contributed by atoms with Crippen molar-refractivity contribution in [2.45, 2.75) is 258 Å². The van der Waals surface area contributed by atoms with E-state index in [1.165, 1.54) is 77.0 Å². The van der Waals surface area contributed by atoms with Gasteiger partial charge in [0, 0.05) is 12.8 Å². The molecule has 0 aliphatic rings. The minimum absolute atomic E-state index is 0.0332. The number of phosphoric ester groups is 1. The Balaban J connectivity index is 5.17. The maximum absolute atomic E-state index is 13.5. The Kier molecular flexibility index (Phi) is 52.6. The highest BCUT2D eigenvalue weighted by Crippen LogP contribution is 2.38. The number of rotatable bonds is 54. The molecule has 0 heterocycles. The molecule has 0 fully saturated rings. The van der Waals surface area contributed by atoms with Gasteiger partial charge >= 0.3 is 5.97 Å². The maximum atomic E-state index is 13.5. The molecule has 0 bridgehead atoms. The summed E-state index contributed by atoms with van der Waals surface area (Å²) in [5.41, 5.74) is 0. The van der Waals surface area contributed by atoms with E-state index in [4.69, 9.17) is 13.8 Å². The normalized spacial score (nSPS) is 14.5. The van der Waals surface area contributed by atoms with Gasteiger partial charge in [-0.15, -0.1) is 0 Å². The predicted octanol–water partition coefficient (Wildman–Crippen LogP) is 18.3. The average Bonchev–Trinajstić information content (AvgIpc) is 3.38. The monoisotopic (exact) mass is 1080 g/mol. The number of esters is 1. The SMILES string of the molecule is CC/C=C\C/C=C\C/C=C\C/C=C\C/C=C\CCCCCCCCCCCC(=O)OC(/C=C\CCCCCCCCCCC)C(COP(=O)([O-])OCC[N+](C)(C)C)NC(=O)CCCCCC/C=C/C/C=C/C/C=C/CC. The van der Waals surface area contributed by atoms with Gasteiger partial charge in [0.2, 0.25) is 5.91 Å². The Morgan fingerprint density at radius 3 is 1.26 bits per heavy atom. The van der Waals surface area contributed by atoms with E-state index in [1.807, 2.05) is 33.3 Å². The lowest BCUT2D eigenvalue weighted by molar-refractivity contribution is -0.870. The van der Waals surface area contributed by atoms with E-state index in [9.17, 15) is 19.0 Å². The third-order valence-electron chi connectivity index (χ3n) is 12.9. The van der Waals surface area contributed by atoms with Gasteiger partial charge in [-0.25, -0.2) is 0 Å². The Hall–Kier alpha value is -3.33. The van der Waals surface area contributed by atoms with E-state index in [-0.39, 0.29) is 31.3 Å². The van der Waals surface area contributed by atoms with Crippen LogP contribution in [0.5, 0.6) is 0 Å². The summed E-state index contributed by atoms with van der Waals surface area (Å²) in [6.07, 6.45) is 74.9. The van der Waals surface area contributed by atoms with Gasteiger partial charge < -0.3 is 28.5 Å². The molecular formula is C66H115N2O7P. The standard InChI is InChI=1S/C66H115N2O7P/c1-7-10-13-16-19-22-25-27-29-30-31-32-33-34-35-36-37-38-39-41-44-47-50-53-56-59-66(70)75-64(57-54-51-48-45-42-24-21-18-15-12-9-3)63(62-74-76(71,72)73-61-60-68(4,5)6)67-65(69)58-55-52-49-46-43-40-28-26-23-20-17-14-11-8-2/h10-11,13-14,19-20,22-23,27-29,31-32,34-35,40,54,57,63-64H,7-9,12,15-18,21,24-26,30,33,36-39,41-53,55-56,58-62H2,1-6H3,(H-,67,69,71,72)/b13-10-,14-11+,22-19-,23-20+,29-27-,32-31-,35-34-,40-28+,57-54-. The lowest BCUT2D eigenvalue weighted by Crippen LogP contribution is -2.47. The molecule has 0 saturated carbocycles. The minimum Gasteiger partial charge on any atom is -0.756 e. The van der Waals surface area contributed by atoms with Crippen LogP contribution in [0.25, 0.3) is 0 Å². The molecule has 9 nitrogen and oxygen atoms in total. The molecule has 0 rings (SSSR count). The molecule has 1 N–H and O–H groups in total. The first kappa shape index (κ1) is 72.7. The van der Waals surface area contributed by atoms with Crippen molar-refractivity contribution < 1.29 is 37.3 Å². The number of ether oxygens (including phenoxy) is 1. The number of carbonyl (C=O) groups excluding carboxylic acids is 2. The fraction of sp³-hybridized carbons (Fsp3) is 0.697. The summed E-state index contributed by atoms with van der Waals surface area (Å²) in [5.74, 6) is -0.581. The number of nitrogens with zero attached hydrogens (tertiary/aromatic N) is 1. The summed E-state index contributed by atoms with van der Waals surface area (Å²) in [7, 11) is 1.15. The van der Waals surface area contributed by atoms with Gasteiger partial charge in [0.05, 0.1) is 33.8 Å². The molecule has 3 unspecified atom stereocenters. The minimum atomic E-state index is -4.71. The smallest absolute Gasteiger partial charge is 0.306 e. The molecule has 76 heavy (non-hydrogen) atoms. The van der Waals surface area contributed by atoms with E-state index in [2.05, 4.69) is 123 Å². The summed E-state index contributed by atoms with van der Waals surface area (Å²) in [6, 6.07) is -0.908. The highest BCUT2D eigenvalue weighted by molar-refractivity contribution is 7.45. The molecule has 0 spiro atoms. The molecular weight excluding hydrogens is 964 g/mol. The first-order valence-electron chi connectivity index (χ1n) is 30.7. The lowest BCUT2D eigenvalue weighted by atomic mass is 10.1. The van der Waals surface area contributed by atoms with Crippen LogP contribution in [-0.2, 0) is 27.9 Å². The lowest BCUT2D eigenvalue weighted by Gasteiger charge is -2.30. The van der Waals surface area contributed by atoms with E-state index in [1.54, 1.807) is 0 Å². The van der Waals surface area contributed by atoms with E-state index >= 15 is 0 Å². The van der Waals surface area contributed by atoms with Crippen LogP contribution in [0.15, 0.2) is 109 Å². The molecule has 0 aromatic heterocycles. The van der Waals surface area contributed by atoms with Crippen LogP contribution in [0.4, 0.5) is 0 Å². The van der Waals surface area contributed by atoms with Gasteiger partial charge in [-0.1, -0.05) is 233 Å². The summed E-state index contributed by atoms with van der Waals surface area (Å²) < 4.78 is 30.2. The molecule has 3 atom stereocenters. The number of hydrogen-bond donors (Lipinski definition) is 1. The van der Waals surface area contributed by atoms with Gasteiger partial charge in [-0.2, -0.15) is 0 Å². The summed E-state index contributed by atoms with van der Waals surface area (Å²) in [4.78, 5) is 39.9. The third kappa shape index (κ3) is 55.4. The zero-order chi connectivity index (χ0) is 55.7. The quantitative estimate of drug-likeness (QED) is 0.0212. The van der Waals surface area contributed by atoms with Gasteiger partial charge in [-0.3, -0.25) is 14.2 Å². The van der Waals surface area contributed by atoms with Gasteiger partial charge in [0.15, 0.2) is 0 Å². The van der Waals surface area contributed by atoms with Crippen molar-refractivity contribution in [3.05, 3.63) is 109 Å². The molecule has 0 radical (unpaired) electrons. The van der Waals surface area contributed by atoms with Crippen LogP contribution >= 0.6 is 7.82 Å². The molecule has 0 saturated heterocycles. The van der Waals surface area contributed by atoms with E-state index in [0.29, 0.717) is 23.9 Å². The number of nitrogens with one attached hydrogen (secondary N) is 1. The van der Waals surface area contributed by atoms with Crippen molar-refractivity contribution in [1.29, 1.82) is 0 Å². The summed E-state index contributed by atoms with van der Waals surface area (Å²) in [5, 5.41) is 3.01. The van der Waals surface area contributed by atoms with E-state index < -0.39 is 26.6 Å². The van der Waals surface area contributed by atoms with Crippen LogP contribution < -0.4 is 10.2 Å². The highest BCUT2D eigenvalue weighted by atomic mass is 31.2. The van der Waals surface area contributed by atoms with Crippen LogP contribution in [-0.4, -0.2) is 69.4 Å². The summed E-state index contributed by atoms with van der Waals surface area (Å²) in [6.45, 7) is 6.57. The van der Waals surface area contributed by atoms with E-state index in [0.717, 1.165) is 122 Å². The number of likely N-dealkylation sites (N-methyl/N-ethyl adjacent to an activating group) is 1. The number of phosphoric acid groups is 1. The van der Waals surface area contributed by atoms with Gasteiger partial charge in [0.25, 0.3) is 7.82 Å². The molecule has 436 valence electrons. The fourth-order valence-corrected chi connectivity index (χ4v) is 8.99. The molecule has 0 aromatic rings. The second-order valence-electron chi connectivity index (χ2n) is 21.4. The largest absolute Gasteiger partial charge is 0.756 e. The second-order valence-corrected chi connectivity index (χ2v) is 22.9.